The molecule has 1 aromatic rings. The van der Waals surface area contributed by atoms with E-state index in [1.807, 2.05) is 0 Å². The van der Waals surface area contributed by atoms with Gasteiger partial charge in [-0.3, -0.25) is 4.90 Å². The summed E-state index contributed by atoms with van der Waals surface area (Å²) in [5, 5.41) is 0. The second-order valence-corrected chi connectivity index (χ2v) is 5.32. The van der Waals surface area contributed by atoms with Crippen molar-refractivity contribution in [3.05, 3.63) is 34.3 Å². The van der Waals surface area contributed by atoms with Gasteiger partial charge in [-0.25, -0.2) is 0 Å². The summed E-state index contributed by atoms with van der Waals surface area (Å²) in [7, 11) is 0. The van der Waals surface area contributed by atoms with Gasteiger partial charge in [0.1, 0.15) is 0 Å². The van der Waals surface area contributed by atoms with Crippen LogP contribution < -0.4 is 0 Å². The Balaban J connectivity index is 1.68. The van der Waals surface area contributed by atoms with E-state index >= 15 is 0 Å². The average molecular weight is 268 g/mol. The molecule has 0 N–H and O–H groups in total. The quantitative estimate of drug-likeness (QED) is 0.816. The Kier molecular flexibility index (Phi) is 2.54. The van der Waals surface area contributed by atoms with Crippen LogP contribution in [0.4, 0.5) is 0 Å². The molecule has 2 atom stereocenters. The monoisotopic (exact) mass is 267 g/mol. The number of halogens is 1. The van der Waals surface area contributed by atoms with Crippen molar-refractivity contribution in [2.45, 2.75) is 25.1 Å². The lowest BCUT2D eigenvalue weighted by Crippen LogP contribution is -2.36. The fourth-order valence-corrected chi connectivity index (χ4v) is 2.76. The summed E-state index contributed by atoms with van der Waals surface area (Å²) in [6, 6.07) is 9.27. The molecule has 2 nitrogen and oxygen atoms in total. The Hall–Kier alpha value is -0.380. The Labute approximate surface area is 98.4 Å². The van der Waals surface area contributed by atoms with E-state index in [1.54, 1.807) is 0 Å². The number of rotatable bonds is 2. The number of ether oxygens (including phenoxy) is 1. The van der Waals surface area contributed by atoms with Gasteiger partial charge in [-0.2, -0.15) is 0 Å². The van der Waals surface area contributed by atoms with Crippen molar-refractivity contribution >= 4 is 15.9 Å². The second-order valence-electron chi connectivity index (χ2n) is 4.40. The molecular formula is C12H14BrNO. The minimum atomic E-state index is 0.505. The van der Waals surface area contributed by atoms with Crippen LogP contribution in [-0.4, -0.2) is 30.2 Å². The molecule has 2 aliphatic rings. The summed E-state index contributed by atoms with van der Waals surface area (Å²) < 4.78 is 6.74. The van der Waals surface area contributed by atoms with Gasteiger partial charge in [0.25, 0.3) is 0 Å². The molecular weight excluding hydrogens is 254 g/mol. The van der Waals surface area contributed by atoms with Crippen LogP contribution in [0.2, 0.25) is 0 Å². The number of morpholine rings is 1. The zero-order chi connectivity index (χ0) is 10.3. The first kappa shape index (κ1) is 9.82. The highest BCUT2D eigenvalue weighted by atomic mass is 79.9. The lowest BCUT2D eigenvalue weighted by molar-refractivity contribution is 0.0273. The Morgan fingerprint density at radius 2 is 2.13 bits per heavy atom. The van der Waals surface area contributed by atoms with Gasteiger partial charge in [0.15, 0.2) is 0 Å². The zero-order valence-electron chi connectivity index (χ0n) is 8.53. The maximum absolute atomic E-state index is 5.59. The normalized spacial score (nSPS) is 29.9. The summed E-state index contributed by atoms with van der Waals surface area (Å²) in [4.78, 5) is 2.54. The molecule has 2 fully saturated rings. The summed E-state index contributed by atoms with van der Waals surface area (Å²) in [5.74, 6) is 0. The maximum atomic E-state index is 5.59. The highest BCUT2D eigenvalue weighted by molar-refractivity contribution is 9.10. The van der Waals surface area contributed by atoms with E-state index in [2.05, 4.69) is 45.1 Å². The van der Waals surface area contributed by atoms with E-state index in [-0.39, 0.29) is 0 Å². The van der Waals surface area contributed by atoms with E-state index in [1.165, 1.54) is 12.0 Å². The van der Waals surface area contributed by atoms with Crippen LogP contribution in [0.3, 0.4) is 0 Å². The van der Waals surface area contributed by atoms with Crippen LogP contribution >= 0.6 is 15.9 Å². The molecule has 1 aromatic carbocycles. The van der Waals surface area contributed by atoms with E-state index in [4.69, 9.17) is 4.74 Å². The smallest absolute Gasteiger partial charge is 0.0718 e. The van der Waals surface area contributed by atoms with Crippen molar-refractivity contribution in [2.75, 3.05) is 13.2 Å². The summed E-state index contributed by atoms with van der Waals surface area (Å²) in [5.41, 5.74) is 1.39. The van der Waals surface area contributed by atoms with Crippen LogP contribution in [0.15, 0.2) is 28.7 Å². The third kappa shape index (κ3) is 1.96. The van der Waals surface area contributed by atoms with Crippen molar-refractivity contribution in [3.63, 3.8) is 0 Å². The molecule has 0 aliphatic carbocycles. The average Bonchev–Trinajstić information content (AvgIpc) is 2.83. The minimum Gasteiger partial charge on any atom is -0.375 e. The molecule has 2 bridgehead atoms. The van der Waals surface area contributed by atoms with Crippen LogP contribution in [0, 0.1) is 0 Å². The van der Waals surface area contributed by atoms with Gasteiger partial charge >= 0.3 is 0 Å². The topological polar surface area (TPSA) is 12.5 Å². The van der Waals surface area contributed by atoms with Crippen molar-refractivity contribution in [1.82, 2.24) is 4.90 Å². The molecule has 0 radical (unpaired) electrons. The highest BCUT2D eigenvalue weighted by Gasteiger charge is 2.38. The van der Waals surface area contributed by atoms with Crippen LogP contribution in [0.25, 0.3) is 0 Å². The fraction of sp³-hybridized carbons (Fsp3) is 0.500. The van der Waals surface area contributed by atoms with Crippen molar-refractivity contribution in [1.29, 1.82) is 0 Å². The van der Waals surface area contributed by atoms with Gasteiger partial charge in [0, 0.05) is 23.6 Å². The molecule has 3 rings (SSSR count). The fourth-order valence-electron chi connectivity index (χ4n) is 2.50. The molecule has 15 heavy (non-hydrogen) atoms. The number of likely N-dealkylation sites (tertiary alicyclic amines) is 1. The SMILES string of the molecule is Brc1ccc(CN2CC3CC2CO3)cc1. The Morgan fingerprint density at radius 3 is 2.73 bits per heavy atom. The second kappa shape index (κ2) is 3.89. The van der Waals surface area contributed by atoms with E-state index < -0.39 is 0 Å². The molecule has 0 saturated carbocycles. The molecule has 2 aliphatic heterocycles. The van der Waals surface area contributed by atoms with Gasteiger partial charge in [-0.15, -0.1) is 0 Å². The van der Waals surface area contributed by atoms with Crippen LogP contribution in [0.5, 0.6) is 0 Å². The predicted molar refractivity (Wildman–Crippen MR) is 62.7 cm³/mol. The number of benzene rings is 1. The third-order valence-electron chi connectivity index (χ3n) is 3.31. The minimum absolute atomic E-state index is 0.505. The Bertz CT molecular complexity index is 351. The first-order valence-electron chi connectivity index (χ1n) is 5.41. The van der Waals surface area contributed by atoms with Crippen molar-refractivity contribution in [2.24, 2.45) is 0 Å². The van der Waals surface area contributed by atoms with E-state index in [9.17, 15) is 0 Å². The van der Waals surface area contributed by atoms with Gasteiger partial charge in [-0.05, 0) is 24.1 Å². The van der Waals surface area contributed by atoms with Gasteiger partial charge in [-0.1, -0.05) is 28.1 Å². The molecule has 3 heteroatoms. The molecule has 0 spiro atoms. The van der Waals surface area contributed by atoms with Crippen molar-refractivity contribution in [3.8, 4) is 0 Å². The molecule has 2 saturated heterocycles. The molecule has 2 heterocycles. The largest absolute Gasteiger partial charge is 0.375 e. The summed E-state index contributed by atoms with van der Waals surface area (Å²) in [6.45, 7) is 3.11. The zero-order valence-corrected chi connectivity index (χ0v) is 10.1. The van der Waals surface area contributed by atoms with Gasteiger partial charge in [0.05, 0.1) is 12.7 Å². The maximum Gasteiger partial charge on any atom is 0.0718 e. The van der Waals surface area contributed by atoms with Gasteiger partial charge in [0.2, 0.25) is 0 Å². The molecule has 2 unspecified atom stereocenters. The van der Waals surface area contributed by atoms with Crippen LogP contribution in [0.1, 0.15) is 12.0 Å². The molecule has 0 aromatic heterocycles. The Morgan fingerprint density at radius 1 is 1.33 bits per heavy atom. The lowest BCUT2D eigenvalue weighted by Gasteiger charge is -2.26. The van der Waals surface area contributed by atoms with Gasteiger partial charge < -0.3 is 4.74 Å². The van der Waals surface area contributed by atoms with E-state index in [0.29, 0.717) is 12.1 Å². The first-order chi connectivity index (χ1) is 7.31. The number of hydrogen-bond acceptors (Lipinski definition) is 2. The summed E-state index contributed by atoms with van der Waals surface area (Å²) >= 11 is 3.46. The standard InChI is InChI=1S/C12H14BrNO/c13-10-3-1-9(2-4-10)6-14-7-12-5-11(14)8-15-12/h1-4,11-12H,5-8H2. The predicted octanol–water partition coefficient (Wildman–Crippen LogP) is 2.42. The number of hydrogen-bond donors (Lipinski definition) is 0. The molecule has 80 valence electrons. The van der Waals surface area contributed by atoms with Crippen molar-refractivity contribution < 1.29 is 4.74 Å². The van der Waals surface area contributed by atoms with E-state index in [0.717, 1.165) is 24.2 Å². The third-order valence-corrected chi connectivity index (χ3v) is 3.84. The lowest BCUT2D eigenvalue weighted by atomic mass is 10.2. The number of nitrogens with zero attached hydrogens (tertiary/aromatic N) is 1. The highest BCUT2D eigenvalue weighted by Crippen LogP contribution is 2.29. The molecule has 0 amide bonds. The van der Waals surface area contributed by atoms with Crippen LogP contribution in [-0.2, 0) is 11.3 Å². The summed E-state index contributed by atoms with van der Waals surface area (Å²) in [6.07, 6.45) is 1.74. The number of fused-ring (bicyclic) bond motifs is 2. The first-order valence-corrected chi connectivity index (χ1v) is 6.20.